The Hall–Kier alpha value is -0.710. The second-order valence-corrected chi connectivity index (χ2v) is 8.21. The van der Waals surface area contributed by atoms with Crippen LogP contribution in [-0.4, -0.2) is 29.7 Å². The molecule has 2 fully saturated rings. The molecule has 2 aliphatic carbocycles. The van der Waals surface area contributed by atoms with E-state index in [1.165, 1.54) is 13.8 Å². The monoisotopic (exact) mass is 346 g/mol. The summed E-state index contributed by atoms with van der Waals surface area (Å²) in [6.07, 6.45) is 4.94. The third kappa shape index (κ3) is 3.47. The van der Waals surface area contributed by atoms with E-state index in [1.807, 2.05) is 6.92 Å². The Labute approximate surface area is 144 Å². The van der Waals surface area contributed by atoms with Crippen LogP contribution in [0.2, 0.25) is 0 Å². The molecule has 2 rings (SSSR count). The van der Waals surface area contributed by atoms with Crippen molar-refractivity contribution >= 4 is 5.97 Å². The summed E-state index contributed by atoms with van der Waals surface area (Å²) in [6.45, 7) is 7.20. The van der Waals surface area contributed by atoms with E-state index in [4.69, 9.17) is 0 Å². The summed E-state index contributed by atoms with van der Waals surface area (Å²) >= 11 is 0. The molecule has 0 aromatic rings. The predicted molar refractivity (Wildman–Crippen MR) is 88.7 cm³/mol. The largest absolute Gasteiger partial charge is 0.462 e. The fraction of sp³-hybridized carbons (Fsp3) is 0.947. The van der Waals surface area contributed by atoms with Crippen LogP contribution >= 0.6 is 0 Å². The number of alkyl halides is 2. The van der Waals surface area contributed by atoms with Gasteiger partial charge >= 0.3 is 11.9 Å². The van der Waals surface area contributed by atoms with Gasteiger partial charge in [0.05, 0.1) is 12.7 Å². The second kappa shape index (κ2) is 7.27. The molecule has 6 atom stereocenters. The molecule has 24 heavy (non-hydrogen) atoms. The third-order valence-electron chi connectivity index (χ3n) is 6.74. The van der Waals surface area contributed by atoms with Gasteiger partial charge < -0.3 is 9.84 Å². The van der Waals surface area contributed by atoms with Crippen LogP contribution in [0, 0.1) is 29.1 Å². The summed E-state index contributed by atoms with van der Waals surface area (Å²) in [5.74, 6) is -5.16. The van der Waals surface area contributed by atoms with E-state index in [9.17, 15) is 18.7 Å². The van der Waals surface area contributed by atoms with Gasteiger partial charge in [0.25, 0.3) is 0 Å². The number of aliphatic hydroxyl groups is 1. The van der Waals surface area contributed by atoms with Crippen molar-refractivity contribution < 1.29 is 23.4 Å². The molecule has 0 amide bonds. The fourth-order valence-corrected chi connectivity index (χ4v) is 5.42. The van der Waals surface area contributed by atoms with Crippen LogP contribution in [0.25, 0.3) is 0 Å². The topological polar surface area (TPSA) is 46.5 Å². The lowest BCUT2D eigenvalue weighted by Gasteiger charge is -2.45. The maximum Gasteiger partial charge on any atom is 0.377 e. The number of fused-ring (bicyclic) bond motifs is 1. The minimum Gasteiger partial charge on any atom is -0.462 e. The predicted octanol–water partition coefficient (Wildman–Crippen LogP) is 4.42. The summed E-state index contributed by atoms with van der Waals surface area (Å²) in [7, 11) is 0. The number of esters is 1. The van der Waals surface area contributed by atoms with E-state index in [2.05, 4.69) is 11.7 Å². The molecule has 1 N–H and O–H groups in total. The molecule has 0 aromatic carbocycles. The highest BCUT2D eigenvalue weighted by Crippen LogP contribution is 2.58. The lowest BCUT2D eigenvalue weighted by molar-refractivity contribution is -0.180. The standard InChI is InChI=1S/C19H32F2O3/c1-5-24-17(23)19(20,21)13(3)11-12(2)14-8-9-15-16(22)7-6-10-18(14,15)4/h12-16,22H,5-11H2,1-4H3/t12?,13?,14?,15?,16-,18+/m0/s1. The molecule has 5 heteroatoms. The number of carbonyl (C=O) groups excluding carboxylic acids is 1. The van der Waals surface area contributed by atoms with Gasteiger partial charge in [-0.3, -0.25) is 0 Å². The van der Waals surface area contributed by atoms with Gasteiger partial charge in [0.2, 0.25) is 0 Å². The second-order valence-electron chi connectivity index (χ2n) is 8.21. The van der Waals surface area contributed by atoms with E-state index < -0.39 is 17.8 Å². The Balaban J connectivity index is 2.04. The van der Waals surface area contributed by atoms with Gasteiger partial charge in [0, 0.05) is 5.92 Å². The van der Waals surface area contributed by atoms with Crippen molar-refractivity contribution in [2.24, 2.45) is 29.1 Å². The molecule has 2 saturated carbocycles. The minimum absolute atomic E-state index is 0.0308. The molecule has 0 spiro atoms. The smallest absolute Gasteiger partial charge is 0.377 e. The van der Waals surface area contributed by atoms with Crippen LogP contribution in [0.5, 0.6) is 0 Å². The zero-order valence-corrected chi connectivity index (χ0v) is 15.4. The molecule has 0 bridgehead atoms. The van der Waals surface area contributed by atoms with E-state index in [1.54, 1.807) is 0 Å². The van der Waals surface area contributed by atoms with E-state index >= 15 is 0 Å². The molecular weight excluding hydrogens is 314 g/mol. The van der Waals surface area contributed by atoms with Crippen molar-refractivity contribution in [2.45, 2.75) is 78.2 Å². The first-order valence-corrected chi connectivity index (χ1v) is 9.37. The third-order valence-corrected chi connectivity index (χ3v) is 6.74. The first kappa shape index (κ1) is 19.6. The zero-order valence-electron chi connectivity index (χ0n) is 15.4. The lowest BCUT2D eigenvalue weighted by Crippen LogP contribution is -2.43. The Morgan fingerprint density at radius 3 is 2.62 bits per heavy atom. The average Bonchev–Trinajstić information content (AvgIpc) is 2.85. The molecule has 0 aliphatic heterocycles. The normalized spacial score (nSPS) is 36.0. The number of halogens is 2. The number of aliphatic hydroxyl groups excluding tert-OH is 1. The first-order valence-electron chi connectivity index (χ1n) is 9.37. The molecule has 0 saturated heterocycles. The SMILES string of the molecule is CCOC(=O)C(F)(F)C(C)CC(C)C1CCC2[C@@H](O)CCC[C@]12C. The number of hydrogen-bond acceptors (Lipinski definition) is 3. The van der Waals surface area contributed by atoms with Crippen molar-refractivity contribution in [1.29, 1.82) is 0 Å². The minimum atomic E-state index is -3.44. The van der Waals surface area contributed by atoms with Gasteiger partial charge in [0.1, 0.15) is 0 Å². The number of rotatable bonds is 6. The van der Waals surface area contributed by atoms with Gasteiger partial charge in [0.15, 0.2) is 0 Å². The van der Waals surface area contributed by atoms with E-state index in [0.717, 1.165) is 32.1 Å². The van der Waals surface area contributed by atoms with Crippen LogP contribution in [0.3, 0.4) is 0 Å². The lowest BCUT2D eigenvalue weighted by atomic mass is 9.61. The van der Waals surface area contributed by atoms with Crippen molar-refractivity contribution in [1.82, 2.24) is 0 Å². The maximum absolute atomic E-state index is 14.2. The molecule has 0 radical (unpaired) electrons. The fourth-order valence-electron chi connectivity index (χ4n) is 5.42. The highest BCUT2D eigenvalue weighted by atomic mass is 19.3. The number of carbonyl (C=O) groups is 1. The van der Waals surface area contributed by atoms with Crippen LogP contribution in [0.1, 0.15) is 66.2 Å². The zero-order chi connectivity index (χ0) is 18.1. The Kier molecular flexibility index (Phi) is 5.94. The maximum atomic E-state index is 14.2. The van der Waals surface area contributed by atoms with Crippen LogP contribution in [0.4, 0.5) is 8.78 Å². The summed E-state index contributed by atoms with van der Waals surface area (Å²) in [6, 6.07) is 0. The van der Waals surface area contributed by atoms with Gasteiger partial charge in [-0.05, 0) is 62.2 Å². The Morgan fingerprint density at radius 1 is 1.33 bits per heavy atom. The van der Waals surface area contributed by atoms with Crippen LogP contribution < -0.4 is 0 Å². The summed E-state index contributed by atoms with van der Waals surface area (Å²) in [4.78, 5) is 11.5. The highest BCUT2D eigenvalue weighted by Gasteiger charge is 2.53. The molecule has 0 aromatic heterocycles. The van der Waals surface area contributed by atoms with Crippen molar-refractivity contribution in [3.05, 3.63) is 0 Å². The van der Waals surface area contributed by atoms with Crippen molar-refractivity contribution in [2.75, 3.05) is 6.61 Å². The van der Waals surface area contributed by atoms with E-state index in [0.29, 0.717) is 18.3 Å². The van der Waals surface area contributed by atoms with Gasteiger partial charge in [-0.2, -0.15) is 8.78 Å². The van der Waals surface area contributed by atoms with Gasteiger partial charge in [-0.25, -0.2) is 4.79 Å². The molecule has 4 unspecified atom stereocenters. The van der Waals surface area contributed by atoms with Gasteiger partial charge in [-0.15, -0.1) is 0 Å². The van der Waals surface area contributed by atoms with Crippen molar-refractivity contribution in [3.63, 3.8) is 0 Å². The molecule has 0 heterocycles. The molecule has 2 aliphatic rings. The molecule has 3 nitrogen and oxygen atoms in total. The average molecular weight is 346 g/mol. The van der Waals surface area contributed by atoms with Crippen LogP contribution in [0.15, 0.2) is 0 Å². The van der Waals surface area contributed by atoms with E-state index in [-0.39, 0.29) is 24.0 Å². The van der Waals surface area contributed by atoms with Crippen LogP contribution in [-0.2, 0) is 9.53 Å². The number of hydrogen-bond donors (Lipinski definition) is 1. The summed E-state index contributed by atoms with van der Waals surface area (Å²) in [5, 5.41) is 10.3. The summed E-state index contributed by atoms with van der Waals surface area (Å²) in [5.41, 5.74) is 0.0377. The summed E-state index contributed by atoms with van der Waals surface area (Å²) < 4.78 is 33.0. The first-order chi connectivity index (χ1) is 11.1. The molecule has 140 valence electrons. The quantitative estimate of drug-likeness (QED) is 0.724. The Bertz CT molecular complexity index is 454. The molecular formula is C19H32F2O3. The van der Waals surface area contributed by atoms with Gasteiger partial charge in [-0.1, -0.05) is 27.2 Å². The highest BCUT2D eigenvalue weighted by molar-refractivity contribution is 5.77. The van der Waals surface area contributed by atoms with Crippen molar-refractivity contribution in [3.8, 4) is 0 Å². The Morgan fingerprint density at radius 2 is 2.00 bits per heavy atom. The number of ether oxygens (including phenoxy) is 1.